The van der Waals surface area contributed by atoms with E-state index in [1.54, 1.807) is 12.5 Å². The van der Waals surface area contributed by atoms with E-state index in [1.807, 2.05) is 18.3 Å². The number of aromatic nitrogens is 1. The summed E-state index contributed by atoms with van der Waals surface area (Å²) in [6.45, 7) is 3.58. The van der Waals surface area contributed by atoms with Crippen LogP contribution >= 0.6 is 0 Å². The zero-order valence-electron chi connectivity index (χ0n) is 11.8. The van der Waals surface area contributed by atoms with Crippen LogP contribution in [0.3, 0.4) is 0 Å². The Labute approximate surface area is 119 Å². The van der Waals surface area contributed by atoms with Crippen LogP contribution in [0.5, 0.6) is 5.75 Å². The molecule has 0 amide bonds. The van der Waals surface area contributed by atoms with Crippen LogP contribution in [0, 0.1) is 0 Å². The van der Waals surface area contributed by atoms with Crippen molar-refractivity contribution in [3.05, 3.63) is 36.5 Å². The van der Waals surface area contributed by atoms with E-state index >= 15 is 0 Å². The predicted octanol–water partition coefficient (Wildman–Crippen LogP) is 3.38. The predicted molar refractivity (Wildman–Crippen MR) is 77.6 cm³/mol. The number of furan rings is 1. The van der Waals surface area contributed by atoms with Crippen LogP contribution in [0.25, 0.3) is 11.1 Å². The first kappa shape index (κ1) is 13.2. The minimum absolute atomic E-state index is 0.672. The third-order valence-corrected chi connectivity index (χ3v) is 3.37. The van der Waals surface area contributed by atoms with E-state index < -0.39 is 0 Å². The SMILES string of the molecule is CCCOc1cncc(-c2ccoc2CNC2CC2)c1. The van der Waals surface area contributed by atoms with Gasteiger partial charge in [0, 0.05) is 23.4 Å². The van der Waals surface area contributed by atoms with E-state index in [1.165, 1.54) is 12.8 Å². The Kier molecular flexibility index (Phi) is 4.02. The second-order valence-electron chi connectivity index (χ2n) is 5.17. The van der Waals surface area contributed by atoms with Gasteiger partial charge in [-0.2, -0.15) is 0 Å². The average Bonchev–Trinajstić information content (AvgIpc) is 3.19. The lowest BCUT2D eigenvalue weighted by molar-refractivity contribution is 0.316. The smallest absolute Gasteiger partial charge is 0.138 e. The van der Waals surface area contributed by atoms with Crippen LogP contribution in [-0.2, 0) is 6.54 Å². The molecule has 2 aromatic heterocycles. The van der Waals surface area contributed by atoms with Crippen LogP contribution < -0.4 is 10.1 Å². The minimum atomic E-state index is 0.672. The number of pyridine rings is 1. The van der Waals surface area contributed by atoms with Gasteiger partial charge in [-0.1, -0.05) is 6.92 Å². The average molecular weight is 272 g/mol. The molecule has 0 aliphatic heterocycles. The van der Waals surface area contributed by atoms with Gasteiger partial charge in [-0.25, -0.2) is 0 Å². The maximum absolute atomic E-state index is 5.63. The molecule has 1 aliphatic carbocycles. The summed E-state index contributed by atoms with van der Waals surface area (Å²) in [6.07, 6.45) is 8.88. The molecule has 2 heterocycles. The van der Waals surface area contributed by atoms with Gasteiger partial charge in [0.1, 0.15) is 11.5 Å². The van der Waals surface area contributed by atoms with Crippen LogP contribution in [0.2, 0.25) is 0 Å². The van der Waals surface area contributed by atoms with Gasteiger partial charge in [-0.05, 0) is 31.4 Å². The quantitative estimate of drug-likeness (QED) is 0.839. The highest BCUT2D eigenvalue weighted by molar-refractivity contribution is 5.65. The van der Waals surface area contributed by atoms with E-state index in [0.717, 1.165) is 35.6 Å². The zero-order chi connectivity index (χ0) is 13.8. The summed E-state index contributed by atoms with van der Waals surface area (Å²) >= 11 is 0. The number of hydrogen-bond donors (Lipinski definition) is 1. The lowest BCUT2D eigenvalue weighted by Gasteiger charge is -2.07. The molecule has 0 spiro atoms. The maximum atomic E-state index is 5.63. The molecule has 0 saturated heterocycles. The van der Waals surface area contributed by atoms with Gasteiger partial charge in [0.05, 0.1) is 25.6 Å². The van der Waals surface area contributed by atoms with Crippen molar-refractivity contribution in [1.29, 1.82) is 0 Å². The van der Waals surface area contributed by atoms with Gasteiger partial charge in [0.25, 0.3) is 0 Å². The molecule has 0 bridgehead atoms. The standard InChI is InChI=1S/C16H20N2O2/c1-2-6-19-14-8-12(9-17-10-14)15-5-7-20-16(15)11-18-13-3-4-13/h5,7-10,13,18H,2-4,6,11H2,1H3. The highest BCUT2D eigenvalue weighted by Gasteiger charge is 2.21. The summed E-state index contributed by atoms with van der Waals surface area (Å²) in [6, 6.07) is 4.68. The van der Waals surface area contributed by atoms with Crippen molar-refractivity contribution in [3.8, 4) is 16.9 Å². The van der Waals surface area contributed by atoms with E-state index in [9.17, 15) is 0 Å². The zero-order valence-corrected chi connectivity index (χ0v) is 11.8. The van der Waals surface area contributed by atoms with Crippen molar-refractivity contribution in [3.63, 3.8) is 0 Å². The first-order valence-corrected chi connectivity index (χ1v) is 7.25. The largest absolute Gasteiger partial charge is 0.492 e. The summed E-state index contributed by atoms with van der Waals surface area (Å²) in [5.74, 6) is 1.78. The summed E-state index contributed by atoms with van der Waals surface area (Å²) in [5.41, 5.74) is 2.13. The molecule has 3 rings (SSSR count). The molecule has 106 valence electrons. The first-order valence-electron chi connectivity index (χ1n) is 7.25. The topological polar surface area (TPSA) is 47.3 Å². The van der Waals surface area contributed by atoms with Crippen molar-refractivity contribution in [2.75, 3.05) is 6.61 Å². The van der Waals surface area contributed by atoms with E-state index in [0.29, 0.717) is 12.6 Å². The van der Waals surface area contributed by atoms with Crippen molar-refractivity contribution in [1.82, 2.24) is 10.3 Å². The van der Waals surface area contributed by atoms with E-state index in [-0.39, 0.29) is 0 Å². The van der Waals surface area contributed by atoms with Crippen molar-refractivity contribution >= 4 is 0 Å². The van der Waals surface area contributed by atoms with Crippen molar-refractivity contribution in [2.45, 2.75) is 38.8 Å². The van der Waals surface area contributed by atoms with Crippen LogP contribution in [0.1, 0.15) is 31.9 Å². The van der Waals surface area contributed by atoms with Gasteiger partial charge in [-0.15, -0.1) is 0 Å². The van der Waals surface area contributed by atoms with E-state index in [2.05, 4.69) is 17.2 Å². The molecule has 0 radical (unpaired) electrons. The first-order chi connectivity index (χ1) is 9.86. The fraction of sp³-hybridized carbons (Fsp3) is 0.438. The number of ether oxygens (including phenoxy) is 1. The number of rotatable bonds is 7. The Morgan fingerprint density at radius 2 is 2.30 bits per heavy atom. The van der Waals surface area contributed by atoms with Gasteiger partial charge in [0.2, 0.25) is 0 Å². The second kappa shape index (κ2) is 6.09. The summed E-state index contributed by atoms with van der Waals surface area (Å²) in [7, 11) is 0. The van der Waals surface area contributed by atoms with Gasteiger partial charge < -0.3 is 14.5 Å². The molecule has 4 heteroatoms. The van der Waals surface area contributed by atoms with Crippen molar-refractivity contribution in [2.24, 2.45) is 0 Å². The third-order valence-electron chi connectivity index (χ3n) is 3.37. The third kappa shape index (κ3) is 3.20. The molecule has 4 nitrogen and oxygen atoms in total. The lowest BCUT2D eigenvalue weighted by Crippen LogP contribution is -2.15. The highest BCUT2D eigenvalue weighted by atomic mass is 16.5. The summed E-state index contributed by atoms with van der Waals surface area (Å²) in [4.78, 5) is 4.26. The molecule has 1 saturated carbocycles. The lowest BCUT2D eigenvalue weighted by atomic mass is 10.1. The molecular formula is C16H20N2O2. The van der Waals surface area contributed by atoms with Gasteiger partial charge in [-0.3, -0.25) is 4.98 Å². The number of hydrogen-bond acceptors (Lipinski definition) is 4. The molecule has 20 heavy (non-hydrogen) atoms. The monoisotopic (exact) mass is 272 g/mol. The fourth-order valence-electron chi connectivity index (χ4n) is 2.12. The molecular weight excluding hydrogens is 252 g/mol. The summed E-state index contributed by atoms with van der Waals surface area (Å²) in [5, 5.41) is 3.47. The van der Waals surface area contributed by atoms with Crippen LogP contribution in [0.15, 0.2) is 35.2 Å². The van der Waals surface area contributed by atoms with E-state index in [4.69, 9.17) is 9.15 Å². The number of nitrogens with zero attached hydrogens (tertiary/aromatic N) is 1. The number of nitrogens with one attached hydrogen (secondary N) is 1. The Morgan fingerprint density at radius 1 is 1.40 bits per heavy atom. The maximum Gasteiger partial charge on any atom is 0.138 e. The Hall–Kier alpha value is -1.81. The molecule has 0 atom stereocenters. The molecule has 2 aromatic rings. The Morgan fingerprint density at radius 3 is 3.10 bits per heavy atom. The van der Waals surface area contributed by atoms with Crippen LogP contribution in [0.4, 0.5) is 0 Å². The molecule has 0 unspecified atom stereocenters. The van der Waals surface area contributed by atoms with Crippen LogP contribution in [-0.4, -0.2) is 17.6 Å². The summed E-state index contributed by atoms with van der Waals surface area (Å²) < 4.78 is 11.2. The Balaban J connectivity index is 1.75. The molecule has 1 fully saturated rings. The van der Waals surface area contributed by atoms with Gasteiger partial charge >= 0.3 is 0 Å². The normalized spacial score (nSPS) is 14.4. The van der Waals surface area contributed by atoms with Gasteiger partial charge in [0.15, 0.2) is 0 Å². The van der Waals surface area contributed by atoms with Crippen molar-refractivity contribution < 1.29 is 9.15 Å². The molecule has 0 aromatic carbocycles. The Bertz CT molecular complexity index is 561. The molecule has 1 N–H and O–H groups in total. The molecule has 1 aliphatic rings. The highest BCUT2D eigenvalue weighted by Crippen LogP contribution is 2.28. The fourth-order valence-corrected chi connectivity index (χ4v) is 2.12. The second-order valence-corrected chi connectivity index (χ2v) is 5.17. The minimum Gasteiger partial charge on any atom is -0.492 e.